The average molecular weight is 527 g/mol. The number of alkyl halides is 3. The number of hydrogen-bond donors (Lipinski definition) is 2. The molecular formula is C21H22BrF3N6O2. The van der Waals surface area contributed by atoms with Gasteiger partial charge in [-0.05, 0) is 39.0 Å². The summed E-state index contributed by atoms with van der Waals surface area (Å²) in [6.07, 6.45) is -1.97. The number of aliphatic imine (C=N–C) groups is 1. The van der Waals surface area contributed by atoms with Crippen LogP contribution in [0.15, 0.2) is 50.0 Å². The highest BCUT2D eigenvalue weighted by molar-refractivity contribution is 9.10. The normalized spacial score (nSPS) is 13.2. The van der Waals surface area contributed by atoms with Crippen molar-refractivity contribution in [2.24, 2.45) is 10.7 Å². The Morgan fingerprint density at radius 2 is 2.06 bits per heavy atom. The Labute approximate surface area is 195 Å². The maximum absolute atomic E-state index is 13.2. The molecule has 12 heteroatoms. The monoisotopic (exact) mass is 526 g/mol. The number of rotatable bonds is 6. The fourth-order valence-corrected chi connectivity index (χ4v) is 3.38. The second-order valence-corrected chi connectivity index (χ2v) is 9.00. The number of nitrogens with two attached hydrogens (primary N) is 1. The van der Waals surface area contributed by atoms with E-state index in [4.69, 9.17) is 10.3 Å². The molecule has 0 bridgehead atoms. The molecule has 3 rings (SSSR count). The van der Waals surface area contributed by atoms with Crippen LogP contribution in [0, 0.1) is 0 Å². The van der Waals surface area contributed by atoms with E-state index in [9.17, 15) is 18.0 Å². The minimum Gasteiger partial charge on any atom is -0.404 e. The van der Waals surface area contributed by atoms with Crippen molar-refractivity contribution in [3.8, 4) is 11.5 Å². The van der Waals surface area contributed by atoms with Gasteiger partial charge in [0, 0.05) is 22.3 Å². The van der Waals surface area contributed by atoms with E-state index in [1.807, 2.05) is 20.8 Å². The van der Waals surface area contributed by atoms with E-state index < -0.39 is 18.6 Å². The minimum atomic E-state index is -4.46. The van der Waals surface area contributed by atoms with Gasteiger partial charge in [-0.15, -0.1) is 0 Å². The van der Waals surface area contributed by atoms with Crippen LogP contribution in [0.5, 0.6) is 0 Å². The van der Waals surface area contributed by atoms with Crippen LogP contribution >= 0.6 is 15.9 Å². The number of aromatic nitrogens is 3. The van der Waals surface area contributed by atoms with E-state index in [1.165, 1.54) is 6.21 Å². The largest absolute Gasteiger partial charge is 0.406 e. The van der Waals surface area contributed by atoms with Crippen LogP contribution in [0.4, 0.5) is 13.2 Å². The van der Waals surface area contributed by atoms with E-state index in [0.29, 0.717) is 15.4 Å². The third kappa shape index (κ3) is 6.21. The molecule has 0 radical (unpaired) electrons. The summed E-state index contributed by atoms with van der Waals surface area (Å²) in [7, 11) is 0. The van der Waals surface area contributed by atoms with Gasteiger partial charge in [-0.25, -0.2) is 0 Å². The number of carbonyl (C=O) groups is 1. The van der Waals surface area contributed by atoms with Crippen LogP contribution in [0.1, 0.15) is 26.7 Å². The van der Waals surface area contributed by atoms with Crippen molar-refractivity contribution in [3.63, 3.8) is 0 Å². The smallest absolute Gasteiger partial charge is 0.404 e. The molecule has 0 aliphatic heterocycles. The molecule has 1 amide bonds. The Morgan fingerprint density at radius 3 is 2.70 bits per heavy atom. The summed E-state index contributed by atoms with van der Waals surface area (Å²) in [5.41, 5.74) is 5.76. The number of carbonyl (C=O) groups excluding carboxylic acids is 1. The zero-order chi connectivity index (χ0) is 24.4. The molecule has 0 aliphatic carbocycles. The molecule has 8 nitrogen and oxygen atoms in total. The van der Waals surface area contributed by atoms with Crippen LogP contribution in [0.3, 0.4) is 0 Å². The van der Waals surface area contributed by atoms with Gasteiger partial charge in [0.05, 0.1) is 28.9 Å². The van der Waals surface area contributed by atoms with Crippen molar-refractivity contribution >= 4 is 39.0 Å². The molecule has 33 heavy (non-hydrogen) atoms. The van der Waals surface area contributed by atoms with Gasteiger partial charge in [-0.1, -0.05) is 27.2 Å². The lowest BCUT2D eigenvalue weighted by Crippen LogP contribution is -2.26. The Bertz CT molecular complexity index is 1220. The fraction of sp³-hybridized carbons (Fsp3) is 0.333. The highest BCUT2D eigenvalue weighted by Gasteiger charge is 2.31. The second kappa shape index (κ2) is 9.38. The van der Waals surface area contributed by atoms with Gasteiger partial charge in [0.2, 0.25) is 11.7 Å². The molecule has 0 aliphatic rings. The van der Waals surface area contributed by atoms with Gasteiger partial charge in [-0.3, -0.25) is 9.79 Å². The summed E-state index contributed by atoms with van der Waals surface area (Å²) in [5, 5.41) is 6.95. The van der Waals surface area contributed by atoms with Crippen molar-refractivity contribution in [1.29, 1.82) is 0 Å². The molecule has 3 aromatic rings. The topological polar surface area (TPSA) is 111 Å². The van der Waals surface area contributed by atoms with Crippen molar-refractivity contribution < 1.29 is 22.5 Å². The molecule has 0 unspecified atom stereocenters. The molecule has 2 aromatic heterocycles. The van der Waals surface area contributed by atoms with E-state index in [-0.39, 0.29) is 35.1 Å². The van der Waals surface area contributed by atoms with Crippen LogP contribution in [-0.2, 0) is 17.9 Å². The van der Waals surface area contributed by atoms with Gasteiger partial charge in [0.1, 0.15) is 6.54 Å². The molecule has 3 N–H and O–H groups in total. The van der Waals surface area contributed by atoms with Crippen LogP contribution < -0.4 is 11.1 Å². The number of nitrogens with zero attached hydrogens (tertiary/aromatic N) is 4. The number of benzene rings is 1. The molecule has 1 aromatic carbocycles. The van der Waals surface area contributed by atoms with Crippen molar-refractivity contribution in [3.05, 3.63) is 46.4 Å². The lowest BCUT2D eigenvalue weighted by molar-refractivity contribution is -0.139. The Morgan fingerprint density at radius 1 is 1.33 bits per heavy atom. The number of amides is 1. The first kappa shape index (κ1) is 24.5. The first-order valence-electron chi connectivity index (χ1n) is 9.81. The summed E-state index contributed by atoms with van der Waals surface area (Å²) in [4.78, 5) is 20.7. The highest BCUT2D eigenvalue weighted by atomic mass is 79.9. The molecular weight excluding hydrogens is 505 g/mol. The number of halogens is 4. The van der Waals surface area contributed by atoms with Crippen LogP contribution in [0.2, 0.25) is 0 Å². The predicted molar refractivity (Wildman–Crippen MR) is 121 cm³/mol. The summed E-state index contributed by atoms with van der Waals surface area (Å²) in [6, 6.07) is 6.51. The van der Waals surface area contributed by atoms with Crippen molar-refractivity contribution in [2.45, 2.75) is 45.6 Å². The maximum atomic E-state index is 13.2. The second-order valence-electron chi connectivity index (χ2n) is 8.15. The average Bonchev–Trinajstić information content (AvgIpc) is 3.30. The zero-order valence-corrected chi connectivity index (χ0v) is 19.7. The number of nitrogens with one attached hydrogen (secondary N) is 1. The summed E-state index contributed by atoms with van der Waals surface area (Å²) in [5.74, 6) is -0.527. The van der Waals surface area contributed by atoms with Gasteiger partial charge in [0.25, 0.3) is 5.91 Å². The first-order chi connectivity index (χ1) is 15.4. The molecule has 0 saturated heterocycles. The van der Waals surface area contributed by atoms with Crippen molar-refractivity contribution in [1.82, 2.24) is 20.0 Å². The van der Waals surface area contributed by atoms with Gasteiger partial charge in [0.15, 0.2) is 0 Å². The lowest BCUT2D eigenvalue weighted by Gasteiger charge is -2.11. The SMILES string of the molecule is CC(C)(C)N=CC(=CN)C(=O)NCc1nc(-c2cc3c(Br)cccc3n2CC(F)(F)F)no1. The van der Waals surface area contributed by atoms with Gasteiger partial charge >= 0.3 is 6.18 Å². The first-order valence-corrected chi connectivity index (χ1v) is 10.6. The highest BCUT2D eigenvalue weighted by Crippen LogP contribution is 2.33. The predicted octanol–water partition coefficient (Wildman–Crippen LogP) is 4.34. The van der Waals surface area contributed by atoms with E-state index in [1.54, 1.807) is 24.3 Å². The third-order valence-electron chi connectivity index (χ3n) is 4.36. The number of hydrogen-bond acceptors (Lipinski definition) is 6. The standard InChI is InChI=1S/C21H22BrF3N6O2/c1-20(2,3)28-9-12(8-26)19(32)27-10-17-29-18(30-33-17)16-7-13-14(22)5-4-6-15(13)31(16)11-21(23,24)25/h4-9H,10-11,26H2,1-3H3,(H,27,32). The molecule has 0 saturated carbocycles. The van der Waals surface area contributed by atoms with E-state index >= 15 is 0 Å². The maximum Gasteiger partial charge on any atom is 0.406 e. The fourth-order valence-electron chi connectivity index (χ4n) is 2.91. The minimum absolute atomic E-state index is 0.0189. The third-order valence-corrected chi connectivity index (χ3v) is 5.05. The molecule has 0 spiro atoms. The van der Waals surface area contributed by atoms with E-state index in [2.05, 4.69) is 36.4 Å². The zero-order valence-electron chi connectivity index (χ0n) is 18.1. The summed E-state index contributed by atoms with van der Waals surface area (Å²) >= 11 is 3.36. The van der Waals surface area contributed by atoms with Crippen LogP contribution in [0.25, 0.3) is 22.4 Å². The molecule has 176 valence electrons. The Kier molecular flexibility index (Phi) is 6.96. The lowest BCUT2D eigenvalue weighted by atomic mass is 10.1. The van der Waals surface area contributed by atoms with Crippen molar-refractivity contribution in [2.75, 3.05) is 0 Å². The summed E-state index contributed by atoms with van der Waals surface area (Å²) < 4.78 is 46.6. The van der Waals surface area contributed by atoms with Gasteiger partial charge in [-0.2, -0.15) is 18.2 Å². The van der Waals surface area contributed by atoms with Gasteiger partial charge < -0.3 is 20.1 Å². The van der Waals surface area contributed by atoms with E-state index in [0.717, 1.165) is 10.8 Å². The Hall–Kier alpha value is -3.15. The molecule has 0 fully saturated rings. The molecule has 2 heterocycles. The Balaban J connectivity index is 1.83. The molecule has 0 atom stereocenters. The van der Waals surface area contributed by atoms with Crippen LogP contribution in [-0.4, -0.2) is 38.5 Å². The quantitative estimate of drug-likeness (QED) is 0.366. The summed E-state index contributed by atoms with van der Waals surface area (Å²) in [6.45, 7) is 4.24. The number of fused-ring (bicyclic) bond motifs is 1.